The predicted octanol–water partition coefficient (Wildman–Crippen LogP) is 5.79. The van der Waals surface area contributed by atoms with Crippen LogP contribution < -0.4 is 10.2 Å². The molecule has 1 aliphatic heterocycles. The first-order valence-electron chi connectivity index (χ1n) is 12.7. The lowest BCUT2D eigenvalue weighted by Gasteiger charge is -2.36. The number of anilines is 2. The summed E-state index contributed by atoms with van der Waals surface area (Å²) < 4.78 is 1.93. The highest BCUT2D eigenvalue weighted by atomic mass is 35.5. The number of aromatic amines is 1. The number of urea groups is 1. The van der Waals surface area contributed by atoms with E-state index in [0.29, 0.717) is 24.7 Å². The molecule has 3 aromatic carbocycles. The molecule has 0 atom stereocenters. The molecule has 0 saturated carbocycles. The number of fused-ring (bicyclic) bond motifs is 1. The van der Waals surface area contributed by atoms with Crippen molar-refractivity contribution in [2.24, 2.45) is 0 Å². The number of nitrogens with zero attached hydrogens (tertiary/aromatic N) is 5. The molecule has 3 heterocycles. The SMILES string of the molecule is Cc1ccc(Cn2ncc3[nH]c(-c4ccc(N5CCN(C(=O)Nc6ccc(Cl)cc6)CC5)cc4)nc32)cc1. The van der Waals surface area contributed by atoms with Crippen LogP contribution in [0.15, 0.2) is 79.0 Å². The summed E-state index contributed by atoms with van der Waals surface area (Å²) in [4.78, 5) is 25.0. The molecule has 5 aromatic rings. The van der Waals surface area contributed by atoms with E-state index < -0.39 is 0 Å². The average Bonchev–Trinajstić information content (AvgIpc) is 3.53. The van der Waals surface area contributed by atoms with Crippen molar-refractivity contribution in [2.75, 3.05) is 36.4 Å². The molecular weight excluding hydrogens is 498 g/mol. The third-order valence-corrected chi connectivity index (χ3v) is 7.16. The summed E-state index contributed by atoms with van der Waals surface area (Å²) in [5.74, 6) is 0.824. The van der Waals surface area contributed by atoms with Gasteiger partial charge in [-0.25, -0.2) is 14.5 Å². The monoisotopic (exact) mass is 525 g/mol. The number of nitrogens with one attached hydrogen (secondary N) is 2. The Hall–Kier alpha value is -4.30. The molecule has 9 heteroatoms. The maximum atomic E-state index is 12.6. The number of imidazole rings is 1. The molecule has 1 saturated heterocycles. The number of aromatic nitrogens is 4. The summed E-state index contributed by atoms with van der Waals surface area (Å²) >= 11 is 5.93. The van der Waals surface area contributed by atoms with E-state index in [4.69, 9.17) is 16.6 Å². The van der Waals surface area contributed by atoms with Crippen LogP contribution in [0.4, 0.5) is 16.2 Å². The molecule has 2 amide bonds. The highest BCUT2D eigenvalue weighted by Gasteiger charge is 2.21. The molecule has 0 bridgehead atoms. The van der Waals surface area contributed by atoms with Crippen LogP contribution in [0.2, 0.25) is 5.02 Å². The minimum atomic E-state index is -0.0897. The molecule has 8 nitrogen and oxygen atoms in total. The number of amides is 2. The van der Waals surface area contributed by atoms with Gasteiger partial charge in [0.15, 0.2) is 5.65 Å². The number of rotatable bonds is 5. The van der Waals surface area contributed by atoms with Gasteiger partial charge in [-0.05, 0) is 61.0 Å². The molecule has 0 spiro atoms. The summed E-state index contributed by atoms with van der Waals surface area (Å²) in [6.45, 7) is 5.62. The average molecular weight is 526 g/mol. The maximum absolute atomic E-state index is 12.6. The van der Waals surface area contributed by atoms with Crippen LogP contribution in [0.1, 0.15) is 11.1 Å². The zero-order chi connectivity index (χ0) is 26.1. The molecule has 2 aromatic heterocycles. The van der Waals surface area contributed by atoms with Crippen molar-refractivity contribution in [3.63, 3.8) is 0 Å². The van der Waals surface area contributed by atoms with E-state index in [0.717, 1.165) is 47.0 Å². The van der Waals surface area contributed by atoms with Crippen molar-refractivity contribution in [1.29, 1.82) is 0 Å². The zero-order valence-corrected chi connectivity index (χ0v) is 21.8. The van der Waals surface area contributed by atoms with Crippen LogP contribution in [0.5, 0.6) is 0 Å². The molecule has 0 unspecified atom stereocenters. The van der Waals surface area contributed by atoms with Crippen LogP contribution in [0.25, 0.3) is 22.6 Å². The van der Waals surface area contributed by atoms with Crippen molar-refractivity contribution in [3.05, 3.63) is 95.1 Å². The van der Waals surface area contributed by atoms with E-state index >= 15 is 0 Å². The summed E-state index contributed by atoms with van der Waals surface area (Å²) in [6.07, 6.45) is 1.83. The predicted molar refractivity (Wildman–Crippen MR) is 152 cm³/mol. The number of carbonyl (C=O) groups excluding carboxylic acids is 1. The molecule has 192 valence electrons. The van der Waals surface area contributed by atoms with E-state index in [9.17, 15) is 4.79 Å². The van der Waals surface area contributed by atoms with Gasteiger partial charge in [0.25, 0.3) is 0 Å². The van der Waals surface area contributed by atoms with Gasteiger partial charge in [0.1, 0.15) is 11.3 Å². The van der Waals surface area contributed by atoms with E-state index in [1.165, 1.54) is 11.1 Å². The smallest absolute Gasteiger partial charge is 0.321 e. The second-order valence-corrected chi connectivity index (χ2v) is 10.0. The topological polar surface area (TPSA) is 82.1 Å². The lowest BCUT2D eigenvalue weighted by Crippen LogP contribution is -2.50. The van der Waals surface area contributed by atoms with Crippen molar-refractivity contribution >= 4 is 40.2 Å². The second kappa shape index (κ2) is 10.2. The first kappa shape index (κ1) is 24.1. The number of benzene rings is 3. The van der Waals surface area contributed by atoms with Crippen molar-refractivity contribution < 1.29 is 4.79 Å². The molecule has 2 N–H and O–H groups in total. The summed E-state index contributed by atoms with van der Waals surface area (Å²) in [5.41, 5.74) is 7.09. The fraction of sp³-hybridized carbons (Fsp3) is 0.207. The molecule has 1 fully saturated rings. The highest BCUT2D eigenvalue weighted by Crippen LogP contribution is 2.25. The minimum Gasteiger partial charge on any atom is -0.368 e. The van der Waals surface area contributed by atoms with Gasteiger partial charge in [-0.1, -0.05) is 41.4 Å². The van der Waals surface area contributed by atoms with Crippen LogP contribution in [-0.2, 0) is 6.54 Å². The lowest BCUT2D eigenvalue weighted by molar-refractivity contribution is 0.208. The number of piperazine rings is 1. The number of carbonyl (C=O) groups is 1. The van der Waals surface area contributed by atoms with Gasteiger partial charge < -0.3 is 20.1 Å². The quantitative estimate of drug-likeness (QED) is 0.304. The molecule has 1 aliphatic rings. The Morgan fingerprint density at radius 3 is 2.37 bits per heavy atom. The Morgan fingerprint density at radius 2 is 1.66 bits per heavy atom. The maximum Gasteiger partial charge on any atom is 0.321 e. The fourth-order valence-electron chi connectivity index (χ4n) is 4.70. The van der Waals surface area contributed by atoms with E-state index in [2.05, 4.69) is 75.8 Å². The van der Waals surface area contributed by atoms with Crippen LogP contribution in [-0.4, -0.2) is 56.9 Å². The van der Waals surface area contributed by atoms with Gasteiger partial charge in [-0.3, -0.25) is 0 Å². The number of halogens is 1. The molecule has 0 aliphatic carbocycles. The molecule has 6 rings (SSSR count). The summed E-state index contributed by atoms with van der Waals surface area (Å²) in [6, 6.07) is 23.9. The first-order valence-corrected chi connectivity index (χ1v) is 13.0. The summed E-state index contributed by atoms with van der Waals surface area (Å²) in [5, 5.41) is 8.09. The second-order valence-electron chi connectivity index (χ2n) is 9.57. The Kier molecular flexibility index (Phi) is 6.47. The van der Waals surface area contributed by atoms with Gasteiger partial charge in [-0.15, -0.1) is 0 Å². The van der Waals surface area contributed by atoms with Crippen LogP contribution in [0.3, 0.4) is 0 Å². The Labute approximate surface area is 225 Å². The van der Waals surface area contributed by atoms with E-state index in [1.54, 1.807) is 24.3 Å². The highest BCUT2D eigenvalue weighted by molar-refractivity contribution is 6.30. The van der Waals surface area contributed by atoms with E-state index in [1.807, 2.05) is 15.8 Å². The van der Waals surface area contributed by atoms with Crippen molar-refractivity contribution in [1.82, 2.24) is 24.6 Å². The number of hydrogen-bond acceptors (Lipinski definition) is 4. The van der Waals surface area contributed by atoms with Crippen molar-refractivity contribution in [3.8, 4) is 11.4 Å². The van der Waals surface area contributed by atoms with Gasteiger partial charge in [0.05, 0.1) is 12.7 Å². The van der Waals surface area contributed by atoms with Crippen LogP contribution in [0, 0.1) is 6.92 Å². The number of H-pyrrole nitrogens is 1. The lowest BCUT2D eigenvalue weighted by atomic mass is 10.1. The third kappa shape index (κ3) is 5.08. The fourth-order valence-corrected chi connectivity index (χ4v) is 4.82. The van der Waals surface area contributed by atoms with E-state index in [-0.39, 0.29) is 6.03 Å². The molecular formula is C29H28ClN7O. The van der Waals surface area contributed by atoms with Crippen LogP contribution >= 0.6 is 11.6 Å². The van der Waals surface area contributed by atoms with Crippen molar-refractivity contribution in [2.45, 2.75) is 13.5 Å². The van der Waals surface area contributed by atoms with Gasteiger partial charge >= 0.3 is 6.03 Å². The first-order chi connectivity index (χ1) is 18.5. The van der Waals surface area contributed by atoms with Gasteiger partial charge in [-0.2, -0.15) is 5.10 Å². The van der Waals surface area contributed by atoms with Gasteiger partial charge in [0, 0.05) is 48.1 Å². The Morgan fingerprint density at radius 1 is 0.947 bits per heavy atom. The number of aryl methyl sites for hydroxylation is 1. The number of hydrogen-bond donors (Lipinski definition) is 2. The summed E-state index contributed by atoms with van der Waals surface area (Å²) in [7, 11) is 0. The largest absolute Gasteiger partial charge is 0.368 e. The standard InChI is InChI=1S/C29H28ClN7O/c1-20-2-4-21(5-3-20)19-37-28-26(18-31-37)33-27(34-28)22-6-12-25(13-7-22)35-14-16-36(17-15-35)29(38)32-24-10-8-23(30)9-11-24/h2-13,18H,14-17,19H2,1H3,(H,32,38)(H,33,34). The normalized spacial score (nSPS) is 13.7. The van der Waals surface area contributed by atoms with Gasteiger partial charge in [0.2, 0.25) is 0 Å². The molecule has 0 radical (unpaired) electrons. The Bertz CT molecular complexity index is 1550. The zero-order valence-electron chi connectivity index (χ0n) is 21.1. The minimum absolute atomic E-state index is 0.0897. The Balaban J connectivity index is 1.08. The molecule has 38 heavy (non-hydrogen) atoms. The third-order valence-electron chi connectivity index (χ3n) is 6.90.